The molecule has 0 aromatic heterocycles. The van der Waals surface area contributed by atoms with Gasteiger partial charge in [0.05, 0.1) is 12.7 Å². The summed E-state index contributed by atoms with van der Waals surface area (Å²) in [5.74, 6) is -8.26. The molecule has 0 amide bonds. The summed E-state index contributed by atoms with van der Waals surface area (Å²) in [4.78, 5) is 59.5. The van der Waals surface area contributed by atoms with Gasteiger partial charge in [0.25, 0.3) is 0 Å². The summed E-state index contributed by atoms with van der Waals surface area (Å²) < 4.78 is 25.6. The average Bonchev–Trinajstić information content (AvgIpc) is 2.71. The van der Waals surface area contributed by atoms with Gasteiger partial charge in [-0.2, -0.15) is 0 Å². The number of hydrogen-bond acceptors (Lipinski definition) is 11. The molecule has 1 aliphatic rings. The molecule has 0 aliphatic carbocycles. The standard InChI is InChI=1S/C20H22O12/c1-9(21)29-14-15(30-10(2)22)17(31-11(3)23)20(27,32-16(14)19(26)28-4)13-8-6-5-7-12(13)18(24)25/h5-8,14-17,27H,1-4H3,(H,24,25)/t14-,15-,16-,17+,20+/m0/s1. The van der Waals surface area contributed by atoms with E-state index in [4.69, 9.17) is 18.9 Å². The van der Waals surface area contributed by atoms with E-state index in [2.05, 4.69) is 4.74 Å². The molecular weight excluding hydrogens is 432 g/mol. The van der Waals surface area contributed by atoms with Crippen LogP contribution in [0, 0.1) is 0 Å². The number of methoxy groups -OCH3 is 1. The number of carboxylic acid groups (broad SMARTS) is 1. The van der Waals surface area contributed by atoms with Crippen LogP contribution in [0.15, 0.2) is 24.3 Å². The van der Waals surface area contributed by atoms with E-state index >= 15 is 0 Å². The van der Waals surface area contributed by atoms with Crippen molar-refractivity contribution in [2.75, 3.05) is 7.11 Å². The summed E-state index contributed by atoms with van der Waals surface area (Å²) >= 11 is 0. The Morgan fingerprint density at radius 3 is 1.94 bits per heavy atom. The van der Waals surface area contributed by atoms with Gasteiger partial charge >= 0.3 is 29.8 Å². The molecule has 2 N–H and O–H groups in total. The van der Waals surface area contributed by atoms with Gasteiger partial charge in [-0.05, 0) is 6.07 Å². The molecular formula is C20H22O12. The van der Waals surface area contributed by atoms with Crippen LogP contribution in [0.3, 0.4) is 0 Å². The predicted molar refractivity (Wildman–Crippen MR) is 101 cm³/mol. The van der Waals surface area contributed by atoms with Crippen molar-refractivity contribution in [3.8, 4) is 0 Å². The first kappa shape index (κ1) is 24.8. The normalized spacial score (nSPS) is 27.0. The maximum atomic E-state index is 12.4. The molecule has 0 spiro atoms. The van der Waals surface area contributed by atoms with Crippen LogP contribution in [-0.4, -0.2) is 71.6 Å². The number of aromatic carboxylic acids is 1. The lowest BCUT2D eigenvalue weighted by atomic mass is 9.85. The first-order chi connectivity index (χ1) is 14.9. The summed E-state index contributed by atoms with van der Waals surface area (Å²) in [5.41, 5.74) is -0.866. The van der Waals surface area contributed by atoms with E-state index in [1.165, 1.54) is 12.1 Å². The van der Waals surface area contributed by atoms with Crippen LogP contribution in [0.5, 0.6) is 0 Å². The lowest BCUT2D eigenvalue weighted by Crippen LogP contribution is -2.67. The highest BCUT2D eigenvalue weighted by Crippen LogP contribution is 2.42. The minimum atomic E-state index is -2.82. The zero-order chi connectivity index (χ0) is 24.2. The van der Waals surface area contributed by atoms with Gasteiger partial charge in [0.2, 0.25) is 11.9 Å². The Balaban J connectivity index is 2.80. The number of hydrogen-bond donors (Lipinski definition) is 2. The molecule has 12 nitrogen and oxygen atoms in total. The van der Waals surface area contributed by atoms with Gasteiger partial charge in [0.1, 0.15) is 0 Å². The maximum Gasteiger partial charge on any atom is 0.339 e. The van der Waals surface area contributed by atoms with Crippen LogP contribution in [0.4, 0.5) is 0 Å². The molecule has 0 bridgehead atoms. The number of aliphatic hydroxyl groups is 1. The van der Waals surface area contributed by atoms with Crippen LogP contribution >= 0.6 is 0 Å². The highest BCUT2D eigenvalue weighted by atomic mass is 16.7. The lowest BCUT2D eigenvalue weighted by Gasteiger charge is -2.48. The molecule has 0 saturated carbocycles. The molecule has 1 fully saturated rings. The molecule has 0 unspecified atom stereocenters. The fourth-order valence-electron chi connectivity index (χ4n) is 3.36. The summed E-state index contributed by atoms with van der Waals surface area (Å²) in [5, 5.41) is 21.1. The second kappa shape index (κ2) is 9.75. The molecule has 12 heteroatoms. The van der Waals surface area contributed by atoms with E-state index < -0.39 is 71.2 Å². The average molecular weight is 454 g/mol. The van der Waals surface area contributed by atoms with E-state index in [0.29, 0.717) is 0 Å². The Morgan fingerprint density at radius 2 is 1.44 bits per heavy atom. The van der Waals surface area contributed by atoms with Gasteiger partial charge in [0, 0.05) is 26.3 Å². The summed E-state index contributed by atoms with van der Waals surface area (Å²) in [6.45, 7) is 2.96. The molecule has 32 heavy (non-hydrogen) atoms. The van der Waals surface area contributed by atoms with Gasteiger partial charge in [0.15, 0.2) is 18.3 Å². The number of carboxylic acids is 1. The van der Waals surface area contributed by atoms with E-state index in [0.717, 1.165) is 40.0 Å². The Hall–Kier alpha value is -3.51. The third-order valence-electron chi connectivity index (χ3n) is 4.49. The van der Waals surface area contributed by atoms with Crippen LogP contribution < -0.4 is 0 Å². The molecule has 2 rings (SSSR count). The third-order valence-corrected chi connectivity index (χ3v) is 4.49. The third kappa shape index (κ3) is 5.03. The smallest absolute Gasteiger partial charge is 0.339 e. The van der Waals surface area contributed by atoms with Crippen molar-refractivity contribution >= 4 is 29.8 Å². The molecule has 174 valence electrons. The fourth-order valence-corrected chi connectivity index (χ4v) is 3.36. The highest BCUT2D eigenvalue weighted by molar-refractivity contribution is 5.90. The SMILES string of the molecule is COC(=O)[C@H]1O[C@](O)(c2ccccc2C(=O)O)[C@H](OC(C)=O)[C@@H](OC(C)=O)[C@@H]1OC(C)=O. The van der Waals surface area contributed by atoms with Crippen molar-refractivity contribution in [3.05, 3.63) is 35.4 Å². The molecule has 1 heterocycles. The van der Waals surface area contributed by atoms with E-state index in [9.17, 15) is 34.2 Å². The predicted octanol–water partition coefficient (Wildman–Crippen LogP) is -0.103. The van der Waals surface area contributed by atoms with Crippen molar-refractivity contribution in [2.45, 2.75) is 51.0 Å². The number of benzene rings is 1. The van der Waals surface area contributed by atoms with Crippen LogP contribution in [0.2, 0.25) is 0 Å². The largest absolute Gasteiger partial charge is 0.478 e. The monoisotopic (exact) mass is 454 g/mol. The van der Waals surface area contributed by atoms with Crippen molar-refractivity contribution < 1.29 is 57.9 Å². The molecule has 0 radical (unpaired) electrons. The Bertz CT molecular complexity index is 925. The van der Waals surface area contributed by atoms with Crippen molar-refractivity contribution in [2.24, 2.45) is 0 Å². The minimum Gasteiger partial charge on any atom is -0.478 e. The molecule has 1 aromatic carbocycles. The highest BCUT2D eigenvalue weighted by Gasteiger charge is 2.62. The Morgan fingerprint density at radius 1 is 0.906 bits per heavy atom. The summed E-state index contributed by atoms with van der Waals surface area (Å²) in [6.07, 6.45) is -7.29. The van der Waals surface area contributed by atoms with Crippen molar-refractivity contribution in [3.63, 3.8) is 0 Å². The Labute approximate surface area is 181 Å². The number of rotatable bonds is 6. The molecule has 1 aromatic rings. The van der Waals surface area contributed by atoms with Crippen molar-refractivity contribution in [1.82, 2.24) is 0 Å². The topological polar surface area (TPSA) is 172 Å². The summed E-state index contributed by atoms with van der Waals surface area (Å²) in [7, 11) is 0.986. The first-order valence-electron chi connectivity index (χ1n) is 9.24. The lowest BCUT2D eigenvalue weighted by molar-refractivity contribution is -0.352. The zero-order valence-corrected chi connectivity index (χ0v) is 17.6. The van der Waals surface area contributed by atoms with E-state index in [1.807, 2.05) is 0 Å². The molecule has 1 aliphatic heterocycles. The van der Waals surface area contributed by atoms with Gasteiger partial charge < -0.3 is 33.9 Å². The number of carbonyl (C=O) groups is 5. The quantitative estimate of drug-likeness (QED) is 0.432. The minimum absolute atomic E-state index is 0.411. The number of ether oxygens (including phenoxy) is 5. The van der Waals surface area contributed by atoms with Crippen LogP contribution in [0.1, 0.15) is 36.7 Å². The van der Waals surface area contributed by atoms with Gasteiger partial charge in [-0.15, -0.1) is 0 Å². The van der Waals surface area contributed by atoms with Gasteiger partial charge in [-0.1, -0.05) is 18.2 Å². The molecule has 1 saturated heterocycles. The van der Waals surface area contributed by atoms with Gasteiger partial charge in [-0.25, -0.2) is 9.59 Å². The van der Waals surface area contributed by atoms with Crippen LogP contribution in [0.25, 0.3) is 0 Å². The maximum absolute atomic E-state index is 12.4. The van der Waals surface area contributed by atoms with E-state index in [-0.39, 0.29) is 0 Å². The van der Waals surface area contributed by atoms with Gasteiger partial charge in [-0.3, -0.25) is 14.4 Å². The number of carbonyl (C=O) groups excluding carboxylic acids is 4. The number of esters is 4. The molecule has 5 atom stereocenters. The Kier molecular flexibility index (Phi) is 7.54. The first-order valence-corrected chi connectivity index (χ1v) is 9.24. The van der Waals surface area contributed by atoms with Crippen molar-refractivity contribution in [1.29, 1.82) is 0 Å². The van der Waals surface area contributed by atoms with Crippen LogP contribution in [-0.2, 0) is 48.6 Å². The summed E-state index contributed by atoms with van der Waals surface area (Å²) in [6, 6.07) is 5.02. The second-order valence-corrected chi connectivity index (χ2v) is 6.79. The fraction of sp³-hybridized carbons (Fsp3) is 0.450. The zero-order valence-electron chi connectivity index (χ0n) is 17.6. The second-order valence-electron chi connectivity index (χ2n) is 6.79. The van der Waals surface area contributed by atoms with E-state index in [1.54, 1.807) is 0 Å².